The SMILES string of the molecule is O=C(CN1C(=O)c2cccc([N+](=O)[O-])c2C1=O)NCc1cccnc1. The Kier molecular flexibility index (Phi) is 4.21. The molecule has 0 aliphatic carbocycles. The highest BCUT2D eigenvalue weighted by molar-refractivity contribution is 6.24. The van der Waals surface area contributed by atoms with Crippen LogP contribution < -0.4 is 5.32 Å². The molecule has 0 spiro atoms. The monoisotopic (exact) mass is 340 g/mol. The third-order valence-corrected chi connectivity index (χ3v) is 3.69. The number of nitrogens with one attached hydrogen (secondary N) is 1. The number of carbonyl (C=O) groups is 3. The molecule has 25 heavy (non-hydrogen) atoms. The zero-order valence-corrected chi connectivity index (χ0v) is 12.8. The molecule has 1 aromatic carbocycles. The van der Waals surface area contributed by atoms with Crippen molar-refractivity contribution in [3.8, 4) is 0 Å². The van der Waals surface area contributed by atoms with Gasteiger partial charge in [0.25, 0.3) is 17.5 Å². The fraction of sp³-hybridized carbons (Fsp3) is 0.125. The first-order valence-corrected chi connectivity index (χ1v) is 7.28. The van der Waals surface area contributed by atoms with Crippen LogP contribution in [0.25, 0.3) is 0 Å². The van der Waals surface area contributed by atoms with Crippen LogP contribution in [0.2, 0.25) is 0 Å². The summed E-state index contributed by atoms with van der Waals surface area (Å²) in [6.45, 7) is -0.320. The van der Waals surface area contributed by atoms with E-state index in [0.717, 1.165) is 11.6 Å². The number of fused-ring (bicyclic) bond motifs is 1. The quantitative estimate of drug-likeness (QED) is 0.490. The average Bonchev–Trinajstić information content (AvgIpc) is 2.86. The van der Waals surface area contributed by atoms with E-state index < -0.39 is 34.9 Å². The van der Waals surface area contributed by atoms with Gasteiger partial charge in [0, 0.05) is 25.0 Å². The highest BCUT2D eigenvalue weighted by Gasteiger charge is 2.41. The minimum atomic E-state index is -0.844. The van der Waals surface area contributed by atoms with Crippen molar-refractivity contribution in [2.45, 2.75) is 6.54 Å². The third-order valence-electron chi connectivity index (χ3n) is 3.69. The number of nitro benzene ring substituents is 1. The molecule has 0 fully saturated rings. The Morgan fingerprint density at radius 3 is 2.68 bits per heavy atom. The number of nitro groups is 1. The Bertz CT molecular complexity index is 881. The number of imide groups is 1. The topological polar surface area (TPSA) is 123 Å². The third kappa shape index (κ3) is 3.07. The van der Waals surface area contributed by atoms with Crippen LogP contribution in [0.5, 0.6) is 0 Å². The van der Waals surface area contributed by atoms with Gasteiger partial charge in [0.15, 0.2) is 0 Å². The number of carbonyl (C=O) groups excluding carboxylic acids is 3. The van der Waals surface area contributed by atoms with E-state index in [1.54, 1.807) is 24.5 Å². The molecule has 2 aromatic rings. The van der Waals surface area contributed by atoms with Crippen molar-refractivity contribution in [2.24, 2.45) is 0 Å². The van der Waals surface area contributed by atoms with E-state index in [1.165, 1.54) is 12.1 Å². The predicted octanol–water partition coefficient (Wildman–Crippen LogP) is 0.902. The Balaban J connectivity index is 1.73. The Morgan fingerprint density at radius 2 is 2.00 bits per heavy atom. The van der Waals surface area contributed by atoms with Gasteiger partial charge in [-0.05, 0) is 17.7 Å². The molecular weight excluding hydrogens is 328 g/mol. The van der Waals surface area contributed by atoms with Gasteiger partial charge in [0.2, 0.25) is 5.91 Å². The summed E-state index contributed by atoms with van der Waals surface area (Å²) in [5.74, 6) is -2.12. The minimum absolute atomic E-state index is 0.0701. The molecule has 9 heteroatoms. The summed E-state index contributed by atoms with van der Waals surface area (Å²) < 4.78 is 0. The molecule has 2 heterocycles. The van der Waals surface area contributed by atoms with Crippen molar-refractivity contribution in [1.29, 1.82) is 0 Å². The lowest BCUT2D eigenvalue weighted by Gasteiger charge is -2.13. The maximum Gasteiger partial charge on any atom is 0.282 e. The van der Waals surface area contributed by atoms with Crippen LogP contribution in [0.4, 0.5) is 5.69 Å². The van der Waals surface area contributed by atoms with E-state index in [9.17, 15) is 24.5 Å². The van der Waals surface area contributed by atoms with Gasteiger partial charge in [-0.1, -0.05) is 12.1 Å². The van der Waals surface area contributed by atoms with E-state index in [4.69, 9.17) is 0 Å². The Morgan fingerprint density at radius 1 is 1.20 bits per heavy atom. The van der Waals surface area contributed by atoms with Crippen LogP contribution >= 0.6 is 0 Å². The van der Waals surface area contributed by atoms with Gasteiger partial charge in [-0.3, -0.25) is 34.4 Å². The zero-order valence-electron chi connectivity index (χ0n) is 12.8. The maximum atomic E-state index is 12.4. The van der Waals surface area contributed by atoms with Crippen LogP contribution in [-0.4, -0.2) is 39.1 Å². The fourth-order valence-corrected chi connectivity index (χ4v) is 2.51. The molecule has 1 aliphatic heterocycles. The smallest absolute Gasteiger partial charge is 0.282 e. The lowest BCUT2D eigenvalue weighted by molar-refractivity contribution is -0.385. The minimum Gasteiger partial charge on any atom is -0.350 e. The summed E-state index contributed by atoms with van der Waals surface area (Å²) >= 11 is 0. The van der Waals surface area contributed by atoms with Crippen LogP contribution in [0.3, 0.4) is 0 Å². The number of nitrogens with zero attached hydrogens (tertiary/aromatic N) is 3. The van der Waals surface area contributed by atoms with Crippen LogP contribution in [-0.2, 0) is 11.3 Å². The first kappa shape index (κ1) is 16.2. The molecule has 0 saturated heterocycles. The van der Waals surface area contributed by atoms with Gasteiger partial charge < -0.3 is 5.32 Å². The van der Waals surface area contributed by atoms with Gasteiger partial charge in [-0.2, -0.15) is 0 Å². The summed E-state index contributed by atoms with van der Waals surface area (Å²) in [4.78, 5) is 51.6. The zero-order chi connectivity index (χ0) is 18.0. The van der Waals surface area contributed by atoms with Crippen LogP contribution in [0, 0.1) is 10.1 Å². The summed E-state index contributed by atoms with van der Waals surface area (Å²) in [7, 11) is 0. The summed E-state index contributed by atoms with van der Waals surface area (Å²) in [5, 5.41) is 13.6. The van der Waals surface area contributed by atoms with E-state index in [-0.39, 0.29) is 17.7 Å². The summed E-state index contributed by atoms with van der Waals surface area (Å²) in [6.07, 6.45) is 3.17. The standard InChI is InChI=1S/C16H12N4O5/c21-13(18-8-10-3-2-6-17-7-10)9-19-15(22)11-4-1-5-12(20(24)25)14(11)16(19)23/h1-7H,8-9H2,(H,18,21). The number of pyridine rings is 1. The Labute approximate surface area is 141 Å². The van der Waals surface area contributed by atoms with E-state index in [1.807, 2.05) is 0 Å². The Hall–Kier alpha value is -3.62. The van der Waals surface area contributed by atoms with Gasteiger partial charge >= 0.3 is 0 Å². The van der Waals surface area contributed by atoms with Gasteiger partial charge in [-0.25, -0.2) is 0 Å². The van der Waals surface area contributed by atoms with Crippen molar-refractivity contribution >= 4 is 23.4 Å². The van der Waals surface area contributed by atoms with Gasteiger partial charge in [-0.15, -0.1) is 0 Å². The highest BCUT2D eigenvalue weighted by Crippen LogP contribution is 2.30. The molecule has 0 unspecified atom stereocenters. The molecule has 0 atom stereocenters. The summed E-state index contributed by atoms with van der Waals surface area (Å²) in [6, 6.07) is 7.28. The lowest BCUT2D eigenvalue weighted by Crippen LogP contribution is -2.40. The predicted molar refractivity (Wildman–Crippen MR) is 84.5 cm³/mol. The molecule has 3 rings (SSSR count). The van der Waals surface area contributed by atoms with Crippen LogP contribution in [0.15, 0.2) is 42.7 Å². The van der Waals surface area contributed by atoms with Crippen molar-refractivity contribution in [3.63, 3.8) is 0 Å². The molecule has 126 valence electrons. The number of rotatable bonds is 5. The van der Waals surface area contributed by atoms with Crippen molar-refractivity contribution < 1.29 is 19.3 Å². The number of amides is 3. The molecule has 0 bridgehead atoms. The molecular formula is C16H12N4O5. The van der Waals surface area contributed by atoms with Crippen molar-refractivity contribution in [3.05, 3.63) is 69.5 Å². The second kappa shape index (κ2) is 6.48. The lowest BCUT2D eigenvalue weighted by atomic mass is 10.1. The summed E-state index contributed by atoms with van der Waals surface area (Å²) in [5.41, 5.74) is -0.0419. The second-order valence-electron chi connectivity index (χ2n) is 5.29. The first-order valence-electron chi connectivity index (χ1n) is 7.28. The first-order chi connectivity index (χ1) is 12.0. The average molecular weight is 340 g/mol. The maximum absolute atomic E-state index is 12.4. The molecule has 9 nitrogen and oxygen atoms in total. The van der Waals surface area contributed by atoms with E-state index in [0.29, 0.717) is 4.90 Å². The van der Waals surface area contributed by atoms with Gasteiger partial charge in [0.1, 0.15) is 12.1 Å². The van der Waals surface area contributed by atoms with E-state index in [2.05, 4.69) is 10.3 Å². The normalized spacial score (nSPS) is 12.9. The van der Waals surface area contributed by atoms with Crippen molar-refractivity contribution in [1.82, 2.24) is 15.2 Å². The molecule has 0 radical (unpaired) electrons. The second-order valence-corrected chi connectivity index (χ2v) is 5.29. The number of hydrogen-bond acceptors (Lipinski definition) is 6. The molecule has 0 saturated carbocycles. The van der Waals surface area contributed by atoms with E-state index >= 15 is 0 Å². The molecule has 3 amide bonds. The number of benzene rings is 1. The largest absolute Gasteiger partial charge is 0.350 e. The molecule has 1 N–H and O–H groups in total. The molecule has 1 aromatic heterocycles. The fourth-order valence-electron chi connectivity index (χ4n) is 2.51. The van der Waals surface area contributed by atoms with Crippen LogP contribution in [0.1, 0.15) is 26.3 Å². The molecule has 1 aliphatic rings. The number of hydrogen-bond donors (Lipinski definition) is 1. The van der Waals surface area contributed by atoms with Crippen molar-refractivity contribution in [2.75, 3.05) is 6.54 Å². The number of aromatic nitrogens is 1. The van der Waals surface area contributed by atoms with Gasteiger partial charge in [0.05, 0.1) is 10.5 Å². The highest BCUT2D eigenvalue weighted by atomic mass is 16.6.